The highest BCUT2D eigenvalue weighted by atomic mass is 32.2. The van der Waals surface area contributed by atoms with E-state index in [1.807, 2.05) is 18.0 Å². The highest BCUT2D eigenvalue weighted by Gasteiger charge is 2.12. The van der Waals surface area contributed by atoms with E-state index >= 15 is 0 Å². The number of amides is 1. The minimum atomic E-state index is -0.345. The van der Waals surface area contributed by atoms with Crippen LogP contribution >= 0.6 is 23.5 Å². The lowest BCUT2D eigenvalue weighted by Crippen LogP contribution is -2.41. The summed E-state index contributed by atoms with van der Waals surface area (Å²) in [6, 6.07) is -0.345. The zero-order valence-electron chi connectivity index (χ0n) is 9.79. The Hall–Kier alpha value is 0.130. The molecule has 0 aromatic carbocycles. The van der Waals surface area contributed by atoms with Gasteiger partial charge < -0.3 is 11.1 Å². The van der Waals surface area contributed by atoms with Crippen LogP contribution in [-0.4, -0.2) is 42.0 Å². The molecule has 0 spiro atoms. The second-order valence-electron chi connectivity index (χ2n) is 3.51. The standard InChI is InChI=1S/C10H22N2OS2/c1-8(15-3)4-6-12-10(13)9(11)5-7-14-2/h8-9H,4-7,11H2,1-3H3,(H,12,13)/t8?,9-/m0/s1. The van der Waals surface area contributed by atoms with E-state index in [9.17, 15) is 4.79 Å². The van der Waals surface area contributed by atoms with E-state index in [2.05, 4.69) is 18.5 Å². The summed E-state index contributed by atoms with van der Waals surface area (Å²) in [6.07, 6.45) is 5.86. The maximum atomic E-state index is 11.5. The normalized spacial score (nSPS) is 14.7. The average molecular weight is 250 g/mol. The van der Waals surface area contributed by atoms with Gasteiger partial charge in [-0.3, -0.25) is 4.79 Å². The zero-order chi connectivity index (χ0) is 11.7. The van der Waals surface area contributed by atoms with Crippen molar-refractivity contribution in [2.75, 3.05) is 24.8 Å². The van der Waals surface area contributed by atoms with E-state index in [1.54, 1.807) is 11.8 Å². The molecule has 3 nitrogen and oxygen atoms in total. The van der Waals surface area contributed by atoms with Crippen molar-refractivity contribution in [3.63, 3.8) is 0 Å². The number of hydrogen-bond acceptors (Lipinski definition) is 4. The van der Waals surface area contributed by atoms with Crippen LogP contribution in [0.15, 0.2) is 0 Å². The first-order valence-electron chi connectivity index (χ1n) is 5.16. The number of carbonyl (C=O) groups is 1. The quantitative estimate of drug-likeness (QED) is 0.682. The van der Waals surface area contributed by atoms with Gasteiger partial charge in [0, 0.05) is 11.8 Å². The van der Waals surface area contributed by atoms with Crippen molar-refractivity contribution in [1.82, 2.24) is 5.32 Å². The second-order valence-corrected chi connectivity index (χ2v) is 5.78. The maximum Gasteiger partial charge on any atom is 0.236 e. The summed E-state index contributed by atoms with van der Waals surface area (Å²) >= 11 is 3.53. The van der Waals surface area contributed by atoms with Crippen molar-refractivity contribution < 1.29 is 4.79 Å². The highest BCUT2D eigenvalue weighted by molar-refractivity contribution is 7.99. The molecule has 1 amide bonds. The number of nitrogens with one attached hydrogen (secondary N) is 1. The van der Waals surface area contributed by atoms with Crippen LogP contribution in [0.1, 0.15) is 19.8 Å². The molecular formula is C10H22N2OS2. The fraction of sp³-hybridized carbons (Fsp3) is 0.900. The summed E-state index contributed by atoms with van der Waals surface area (Å²) in [5.74, 6) is 0.924. The van der Waals surface area contributed by atoms with E-state index < -0.39 is 0 Å². The maximum absolute atomic E-state index is 11.5. The summed E-state index contributed by atoms with van der Waals surface area (Å²) in [6.45, 7) is 2.89. The summed E-state index contributed by atoms with van der Waals surface area (Å²) in [4.78, 5) is 11.5. The van der Waals surface area contributed by atoms with Gasteiger partial charge in [-0.25, -0.2) is 0 Å². The predicted octanol–water partition coefficient (Wildman–Crippen LogP) is 1.32. The molecule has 0 aromatic heterocycles. The van der Waals surface area contributed by atoms with Crippen molar-refractivity contribution >= 4 is 29.4 Å². The molecule has 0 aliphatic heterocycles. The third-order valence-electron chi connectivity index (χ3n) is 2.22. The lowest BCUT2D eigenvalue weighted by Gasteiger charge is -2.13. The van der Waals surface area contributed by atoms with E-state index in [0.717, 1.165) is 25.1 Å². The smallest absolute Gasteiger partial charge is 0.236 e. The van der Waals surface area contributed by atoms with Crippen molar-refractivity contribution in [3.8, 4) is 0 Å². The van der Waals surface area contributed by atoms with Crippen LogP contribution in [0.25, 0.3) is 0 Å². The Kier molecular flexibility index (Phi) is 9.44. The molecule has 0 saturated carbocycles. The Labute approximate surface area is 101 Å². The highest BCUT2D eigenvalue weighted by Crippen LogP contribution is 2.08. The van der Waals surface area contributed by atoms with Gasteiger partial charge in [-0.15, -0.1) is 0 Å². The van der Waals surface area contributed by atoms with E-state index in [4.69, 9.17) is 5.73 Å². The van der Waals surface area contributed by atoms with Gasteiger partial charge >= 0.3 is 0 Å². The Balaban J connectivity index is 3.55. The molecule has 0 fully saturated rings. The molecular weight excluding hydrogens is 228 g/mol. The van der Waals surface area contributed by atoms with Crippen molar-refractivity contribution in [1.29, 1.82) is 0 Å². The van der Waals surface area contributed by atoms with Gasteiger partial charge in [-0.1, -0.05) is 6.92 Å². The Morgan fingerprint density at radius 1 is 1.40 bits per heavy atom. The molecule has 0 saturated heterocycles. The minimum Gasteiger partial charge on any atom is -0.355 e. The predicted molar refractivity (Wildman–Crippen MR) is 71.6 cm³/mol. The van der Waals surface area contributed by atoms with Gasteiger partial charge in [0.2, 0.25) is 5.91 Å². The molecule has 0 aliphatic rings. The molecule has 2 atom stereocenters. The van der Waals surface area contributed by atoms with Crippen LogP contribution in [-0.2, 0) is 4.79 Å². The summed E-state index contributed by atoms with van der Waals surface area (Å²) < 4.78 is 0. The van der Waals surface area contributed by atoms with Gasteiger partial charge in [-0.05, 0) is 31.1 Å². The molecule has 0 bridgehead atoms. The lowest BCUT2D eigenvalue weighted by molar-refractivity contribution is -0.122. The molecule has 1 unspecified atom stereocenters. The van der Waals surface area contributed by atoms with E-state index in [1.165, 1.54) is 0 Å². The monoisotopic (exact) mass is 250 g/mol. The topological polar surface area (TPSA) is 55.1 Å². The van der Waals surface area contributed by atoms with E-state index in [0.29, 0.717) is 5.25 Å². The molecule has 5 heteroatoms. The SMILES string of the molecule is CSCC[C@H](N)C(=O)NCCC(C)SC. The molecule has 0 heterocycles. The molecule has 90 valence electrons. The number of hydrogen-bond donors (Lipinski definition) is 2. The average Bonchev–Trinajstić information content (AvgIpc) is 2.25. The minimum absolute atomic E-state index is 0.0163. The number of thioether (sulfide) groups is 2. The largest absolute Gasteiger partial charge is 0.355 e. The summed E-state index contributed by atoms with van der Waals surface area (Å²) in [7, 11) is 0. The lowest BCUT2D eigenvalue weighted by atomic mass is 10.2. The van der Waals surface area contributed by atoms with Crippen molar-refractivity contribution in [2.45, 2.75) is 31.1 Å². The first-order chi connectivity index (χ1) is 7.11. The van der Waals surface area contributed by atoms with E-state index in [-0.39, 0.29) is 11.9 Å². The second kappa shape index (κ2) is 9.36. The van der Waals surface area contributed by atoms with Gasteiger partial charge in [0.1, 0.15) is 0 Å². The molecule has 0 radical (unpaired) electrons. The number of rotatable bonds is 8. The van der Waals surface area contributed by atoms with Crippen LogP contribution < -0.4 is 11.1 Å². The zero-order valence-corrected chi connectivity index (χ0v) is 11.4. The molecule has 3 N–H and O–H groups in total. The first kappa shape index (κ1) is 15.1. The molecule has 0 aliphatic carbocycles. The van der Waals surface area contributed by atoms with Crippen molar-refractivity contribution in [3.05, 3.63) is 0 Å². The van der Waals surface area contributed by atoms with Gasteiger partial charge in [-0.2, -0.15) is 23.5 Å². The van der Waals surface area contributed by atoms with Gasteiger partial charge in [0.05, 0.1) is 6.04 Å². The Bertz CT molecular complexity index is 179. The number of carbonyl (C=O) groups excluding carboxylic acids is 1. The summed E-state index contributed by atoms with van der Waals surface area (Å²) in [5.41, 5.74) is 5.72. The van der Waals surface area contributed by atoms with Gasteiger partial charge in [0.25, 0.3) is 0 Å². The van der Waals surface area contributed by atoms with Crippen LogP contribution in [0.5, 0.6) is 0 Å². The Morgan fingerprint density at radius 2 is 2.07 bits per heavy atom. The van der Waals surface area contributed by atoms with Crippen molar-refractivity contribution in [2.24, 2.45) is 5.73 Å². The molecule has 0 aromatic rings. The van der Waals surface area contributed by atoms with Crippen LogP contribution in [0.3, 0.4) is 0 Å². The summed E-state index contributed by atoms with van der Waals surface area (Å²) in [5, 5.41) is 3.46. The Morgan fingerprint density at radius 3 is 2.60 bits per heavy atom. The fourth-order valence-corrected chi connectivity index (χ4v) is 1.87. The first-order valence-corrected chi connectivity index (χ1v) is 7.85. The third-order valence-corrected chi connectivity index (χ3v) is 3.91. The van der Waals surface area contributed by atoms with Crippen LogP contribution in [0.2, 0.25) is 0 Å². The molecule has 15 heavy (non-hydrogen) atoms. The number of nitrogens with two attached hydrogens (primary N) is 1. The fourth-order valence-electron chi connectivity index (χ4n) is 1.02. The third kappa shape index (κ3) is 7.99. The van der Waals surface area contributed by atoms with Crippen LogP contribution in [0, 0.1) is 0 Å². The van der Waals surface area contributed by atoms with Crippen LogP contribution in [0.4, 0.5) is 0 Å². The molecule has 0 rings (SSSR count). The van der Waals surface area contributed by atoms with Gasteiger partial charge in [0.15, 0.2) is 0 Å².